The lowest BCUT2D eigenvalue weighted by molar-refractivity contribution is 1.03. The Balaban J connectivity index is 2.13. The van der Waals surface area contributed by atoms with Crippen molar-refractivity contribution in [3.8, 4) is 0 Å². The molecule has 6 heteroatoms. The summed E-state index contributed by atoms with van der Waals surface area (Å²) in [5.41, 5.74) is 9.34. The van der Waals surface area contributed by atoms with Gasteiger partial charge in [-0.2, -0.15) is 0 Å². The fraction of sp³-hybridized carbons (Fsp3) is 0.154. The third kappa shape index (κ3) is 1.92. The molecule has 0 amide bonds. The van der Waals surface area contributed by atoms with Gasteiger partial charge in [-0.3, -0.25) is 0 Å². The first-order valence-electron chi connectivity index (χ1n) is 5.97. The summed E-state index contributed by atoms with van der Waals surface area (Å²) in [4.78, 5) is 17.6. The van der Waals surface area contributed by atoms with Crippen molar-refractivity contribution in [2.75, 3.05) is 11.9 Å². The Hall–Kier alpha value is -2.47. The van der Waals surface area contributed by atoms with Gasteiger partial charge >= 0.3 is 0 Å². The van der Waals surface area contributed by atoms with Crippen LogP contribution in [0.4, 0.5) is 11.5 Å². The van der Waals surface area contributed by atoms with E-state index >= 15 is 0 Å². The van der Waals surface area contributed by atoms with Crippen LogP contribution in [0.25, 0.3) is 11.2 Å². The number of H-pyrrole nitrogens is 1. The van der Waals surface area contributed by atoms with Crippen LogP contribution in [0, 0.1) is 0 Å². The topological polar surface area (TPSA) is 83.7 Å². The van der Waals surface area contributed by atoms with Gasteiger partial charge in [0.05, 0.1) is 6.33 Å². The van der Waals surface area contributed by atoms with E-state index in [0.29, 0.717) is 12.2 Å². The second-order valence-corrected chi connectivity index (χ2v) is 4.19. The average molecular weight is 254 g/mol. The molecule has 3 N–H and O–H groups in total. The van der Waals surface area contributed by atoms with Crippen molar-refractivity contribution < 1.29 is 0 Å². The quantitative estimate of drug-likeness (QED) is 0.741. The van der Waals surface area contributed by atoms with E-state index in [-0.39, 0.29) is 0 Å². The van der Waals surface area contributed by atoms with Crippen LogP contribution in [-0.4, -0.2) is 27.0 Å². The van der Waals surface area contributed by atoms with Crippen LogP contribution < -0.4 is 10.6 Å². The number of aromatic nitrogens is 4. The molecule has 2 heterocycles. The highest BCUT2D eigenvalue weighted by molar-refractivity contribution is 5.85. The minimum absolute atomic E-state index is 0.484. The van der Waals surface area contributed by atoms with E-state index in [2.05, 4.69) is 19.9 Å². The first-order valence-corrected chi connectivity index (χ1v) is 5.97. The van der Waals surface area contributed by atoms with Gasteiger partial charge in [-0.05, 0) is 11.6 Å². The van der Waals surface area contributed by atoms with E-state index in [4.69, 9.17) is 5.73 Å². The molecule has 0 fully saturated rings. The highest BCUT2D eigenvalue weighted by Gasteiger charge is 2.13. The summed E-state index contributed by atoms with van der Waals surface area (Å²) in [5.74, 6) is 0.781. The molecule has 0 saturated carbocycles. The fourth-order valence-corrected chi connectivity index (χ4v) is 2.13. The summed E-state index contributed by atoms with van der Waals surface area (Å²) in [6.07, 6.45) is 3.13. The number of nitrogens with two attached hydrogens (primary N) is 1. The third-order valence-electron chi connectivity index (χ3n) is 3.09. The maximum absolute atomic E-state index is 5.78. The molecule has 3 rings (SSSR count). The number of nitrogens with one attached hydrogen (secondary N) is 1. The zero-order valence-corrected chi connectivity index (χ0v) is 10.5. The summed E-state index contributed by atoms with van der Waals surface area (Å²) >= 11 is 0. The first-order chi connectivity index (χ1) is 9.31. The van der Waals surface area contributed by atoms with Crippen molar-refractivity contribution in [2.24, 2.45) is 5.73 Å². The monoisotopic (exact) mass is 254 g/mol. The second-order valence-electron chi connectivity index (χ2n) is 4.19. The molecule has 0 spiro atoms. The van der Waals surface area contributed by atoms with E-state index in [9.17, 15) is 0 Å². The Kier molecular flexibility index (Phi) is 2.85. The van der Waals surface area contributed by atoms with E-state index in [1.54, 1.807) is 6.33 Å². The van der Waals surface area contributed by atoms with Gasteiger partial charge in [-0.1, -0.05) is 18.2 Å². The third-order valence-corrected chi connectivity index (χ3v) is 3.09. The van der Waals surface area contributed by atoms with Crippen LogP contribution in [-0.2, 0) is 6.54 Å². The number of fused-ring (bicyclic) bond motifs is 1. The average Bonchev–Trinajstić information content (AvgIpc) is 2.94. The van der Waals surface area contributed by atoms with Gasteiger partial charge in [0.15, 0.2) is 11.5 Å². The van der Waals surface area contributed by atoms with E-state index in [1.807, 2.05) is 36.2 Å². The molecule has 0 aliphatic rings. The molecule has 2 aromatic heterocycles. The summed E-state index contributed by atoms with van der Waals surface area (Å²) in [7, 11) is 1.96. The molecule has 0 bridgehead atoms. The van der Waals surface area contributed by atoms with Crippen LogP contribution >= 0.6 is 0 Å². The molecule has 96 valence electrons. The Labute approximate surface area is 110 Å². The number of anilines is 2. The predicted molar refractivity (Wildman–Crippen MR) is 74.1 cm³/mol. The summed E-state index contributed by atoms with van der Waals surface area (Å²) in [6, 6.07) is 7.99. The van der Waals surface area contributed by atoms with Crippen molar-refractivity contribution in [3.63, 3.8) is 0 Å². The maximum atomic E-state index is 5.78. The van der Waals surface area contributed by atoms with Crippen molar-refractivity contribution in [3.05, 3.63) is 42.5 Å². The number of benzene rings is 1. The molecule has 0 unspecified atom stereocenters. The van der Waals surface area contributed by atoms with Gasteiger partial charge < -0.3 is 15.6 Å². The summed E-state index contributed by atoms with van der Waals surface area (Å²) < 4.78 is 0. The molecule has 0 radical (unpaired) electrons. The number of imidazole rings is 1. The molecule has 0 aliphatic carbocycles. The first kappa shape index (κ1) is 11.6. The van der Waals surface area contributed by atoms with E-state index in [1.165, 1.54) is 6.33 Å². The predicted octanol–water partition coefficient (Wildman–Crippen LogP) is 1.58. The molecule has 0 aliphatic heterocycles. The van der Waals surface area contributed by atoms with Crippen LogP contribution in [0.1, 0.15) is 5.56 Å². The smallest absolute Gasteiger partial charge is 0.182 e. The molecule has 3 aromatic rings. The van der Waals surface area contributed by atoms with Crippen molar-refractivity contribution >= 4 is 22.7 Å². The fourth-order valence-electron chi connectivity index (χ4n) is 2.13. The van der Waals surface area contributed by atoms with Crippen molar-refractivity contribution in [2.45, 2.75) is 6.54 Å². The molecule has 0 saturated heterocycles. The zero-order chi connectivity index (χ0) is 13.2. The second kappa shape index (κ2) is 4.66. The Morgan fingerprint density at radius 3 is 2.89 bits per heavy atom. The lowest BCUT2D eigenvalue weighted by atomic mass is 10.1. The van der Waals surface area contributed by atoms with Crippen molar-refractivity contribution in [1.82, 2.24) is 19.9 Å². The van der Waals surface area contributed by atoms with Gasteiger partial charge in [0, 0.05) is 19.3 Å². The van der Waals surface area contributed by atoms with Gasteiger partial charge in [0.2, 0.25) is 0 Å². The Morgan fingerprint density at radius 2 is 2.05 bits per heavy atom. The molecular weight excluding hydrogens is 240 g/mol. The van der Waals surface area contributed by atoms with Crippen LogP contribution in [0.15, 0.2) is 36.9 Å². The van der Waals surface area contributed by atoms with Gasteiger partial charge in [0.25, 0.3) is 0 Å². The molecular formula is C13H14N6. The highest BCUT2D eigenvalue weighted by Crippen LogP contribution is 2.28. The van der Waals surface area contributed by atoms with Gasteiger partial charge in [-0.15, -0.1) is 0 Å². The lowest BCUT2D eigenvalue weighted by Gasteiger charge is -2.21. The minimum atomic E-state index is 0.484. The number of hydrogen-bond acceptors (Lipinski definition) is 5. The Bertz CT molecular complexity index is 705. The van der Waals surface area contributed by atoms with Crippen molar-refractivity contribution in [1.29, 1.82) is 0 Å². The van der Waals surface area contributed by atoms with Gasteiger partial charge in [-0.25, -0.2) is 15.0 Å². The molecule has 1 aromatic carbocycles. The maximum Gasteiger partial charge on any atom is 0.182 e. The normalized spacial score (nSPS) is 10.8. The molecule has 0 atom stereocenters. The van der Waals surface area contributed by atoms with E-state index in [0.717, 1.165) is 22.6 Å². The largest absolute Gasteiger partial charge is 0.340 e. The summed E-state index contributed by atoms with van der Waals surface area (Å²) in [6.45, 7) is 0.484. The Morgan fingerprint density at radius 1 is 1.21 bits per heavy atom. The van der Waals surface area contributed by atoms with Crippen LogP contribution in [0.2, 0.25) is 0 Å². The lowest BCUT2D eigenvalue weighted by Crippen LogP contribution is -2.15. The van der Waals surface area contributed by atoms with Crippen LogP contribution in [0.3, 0.4) is 0 Å². The standard InChI is InChI=1S/C13H14N6/c1-19(10-5-3-2-4-9(10)6-14)13-11-12(16-7-15-11)17-8-18-13/h2-5,7-8H,6,14H2,1H3,(H,15,16,17,18). The minimum Gasteiger partial charge on any atom is -0.340 e. The summed E-state index contributed by atoms with van der Waals surface area (Å²) in [5, 5.41) is 0. The number of aromatic amines is 1. The number of nitrogens with zero attached hydrogens (tertiary/aromatic N) is 4. The molecule has 6 nitrogen and oxygen atoms in total. The molecule has 19 heavy (non-hydrogen) atoms. The van der Waals surface area contributed by atoms with E-state index < -0.39 is 0 Å². The highest BCUT2D eigenvalue weighted by atomic mass is 15.2. The number of rotatable bonds is 3. The van der Waals surface area contributed by atoms with Crippen LogP contribution in [0.5, 0.6) is 0 Å². The number of para-hydroxylation sites is 1. The zero-order valence-electron chi connectivity index (χ0n) is 10.5. The number of hydrogen-bond donors (Lipinski definition) is 2. The SMILES string of the molecule is CN(c1ccccc1CN)c1ncnc2nc[nH]c12. The van der Waals surface area contributed by atoms with Gasteiger partial charge in [0.1, 0.15) is 11.8 Å².